The lowest BCUT2D eigenvalue weighted by atomic mass is 9.43. The van der Waals surface area contributed by atoms with Crippen LogP contribution in [0.25, 0.3) is 0 Å². The van der Waals surface area contributed by atoms with Crippen molar-refractivity contribution in [3.8, 4) is 0 Å². The Morgan fingerprint density at radius 2 is 1.83 bits per heavy atom. The molecule has 0 bridgehead atoms. The minimum Gasteiger partial charge on any atom is -0.452 e. The summed E-state index contributed by atoms with van der Waals surface area (Å²) in [5, 5.41) is 0. The predicted molar refractivity (Wildman–Crippen MR) is 119 cm³/mol. The van der Waals surface area contributed by atoms with Gasteiger partial charge in [0.2, 0.25) is 0 Å². The van der Waals surface area contributed by atoms with Gasteiger partial charge in [-0.15, -0.1) is 0 Å². The van der Waals surface area contributed by atoms with Gasteiger partial charge in [-0.25, -0.2) is 0 Å². The first kappa shape index (κ1) is 21.8. The van der Waals surface area contributed by atoms with E-state index in [1.807, 2.05) is 0 Å². The van der Waals surface area contributed by atoms with Gasteiger partial charge in [-0.2, -0.15) is 0 Å². The molecule has 0 heterocycles. The molecule has 4 saturated carbocycles. The lowest BCUT2D eigenvalue weighted by molar-refractivity contribution is -0.158. The Morgan fingerprint density at radius 3 is 2.55 bits per heavy atom. The largest absolute Gasteiger partial charge is 0.452 e. The van der Waals surface area contributed by atoms with Gasteiger partial charge < -0.3 is 4.52 Å². The quantitative estimate of drug-likeness (QED) is 0.508. The van der Waals surface area contributed by atoms with Crippen LogP contribution in [0.1, 0.15) is 91.9 Å². The Bertz CT molecular complexity index is 662. The van der Waals surface area contributed by atoms with Gasteiger partial charge in [0.25, 0.3) is 0 Å². The summed E-state index contributed by atoms with van der Waals surface area (Å²) in [6.45, 7) is 9.73. The Morgan fingerprint density at radius 1 is 1.14 bits per heavy atom. The number of Topliss-reactive ketones (excluding diaryl/α,β-unsaturated/α-hetero) is 1. The zero-order valence-corrected chi connectivity index (χ0v) is 20.1. The first-order valence-electron chi connectivity index (χ1n) is 12.1. The first-order chi connectivity index (χ1) is 13.7. The fourth-order valence-electron chi connectivity index (χ4n) is 8.73. The zero-order valence-electron chi connectivity index (χ0n) is 18.9. The molecule has 3 nitrogen and oxygen atoms in total. The molecule has 0 aliphatic heterocycles. The molecule has 4 fully saturated rings. The van der Waals surface area contributed by atoms with Gasteiger partial charge in [0.1, 0.15) is 5.78 Å². The summed E-state index contributed by atoms with van der Waals surface area (Å²) in [6, 6.07) is 0. The summed E-state index contributed by atoms with van der Waals surface area (Å²) < 4.78 is 4.78. The molecule has 4 aliphatic carbocycles. The van der Waals surface area contributed by atoms with Gasteiger partial charge in [-0.1, -0.05) is 34.1 Å². The number of hydrogen-bond donors (Lipinski definition) is 0. The van der Waals surface area contributed by atoms with Crippen molar-refractivity contribution in [1.82, 2.24) is 0 Å². The lowest BCUT2D eigenvalue weighted by Crippen LogP contribution is -2.57. The fraction of sp³-hybridized carbons (Fsp3) is 0.920. The Kier molecular flexibility index (Phi) is 5.95. The minimum absolute atomic E-state index is 0.127. The van der Waals surface area contributed by atoms with Gasteiger partial charge in [-0.05, 0) is 91.3 Å². The van der Waals surface area contributed by atoms with Crippen molar-refractivity contribution in [2.24, 2.45) is 52.3 Å². The van der Waals surface area contributed by atoms with Crippen LogP contribution in [0, 0.1) is 52.3 Å². The van der Waals surface area contributed by atoms with Crippen molar-refractivity contribution in [1.29, 1.82) is 0 Å². The summed E-state index contributed by atoms with van der Waals surface area (Å²) in [7, 11) is 2.07. The molecule has 0 amide bonds. The SMILES string of the molecule is C[C@@H]1CC[C@]2(C)C3CC[C@@]4(C)C(CC[C@@H]4[C@H](C)CCC(=O)OP)C3C(=O)C[C@@H]2C1. The van der Waals surface area contributed by atoms with E-state index in [1.54, 1.807) is 0 Å². The highest BCUT2D eigenvalue weighted by Gasteiger charge is 2.62. The fourth-order valence-corrected chi connectivity index (χ4v) is 8.85. The number of hydrogen-bond acceptors (Lipinski definition) is 3. The van der Waals surface area contributed by atoms with E-state index in [4.69, 9.17) is 4.52 Å². The second-order valence-electron chi connectivity index (χ2n) is 11.7. The molecule has 4 aliphatic rings. The maximum Gasteiger partial charge on any atom is 0.307 e. The molecular formula is C25H41O3P. The normalized spacial score (nSPS) is 47.7. The van der Waals surface area contributed by atoms with Crippen LogP contribution in [0.2, 0.25) is 0 Å². The summed E-state index contributed by atoms with van der Waals surface area (Å²) in [4.78, 5) is 25.1. The number of rotatable bonds is 4. The van der Waals surface area contributed by atoms with Crippen LogP contribution in [-0.2, 0) is 14.1 Å². The number of carbonyl (C=O) groups excluding carboxylic acids is 2. The van der Waals surface area contributed by atoms with E-state index in [-0.39, 0.29) is 11.4 Å². The van der Waals surface area contributed by atoms with Gasteiger partial charge in [0.05, 0.1) is 9.47 Å². The monoisotopic (exact) mass is 420 g/mol. The Hall–Kier alpha value is -0.430. The average Bonchev–Trinajstić information content (AvgIpc) is 3.04. The summed E-state index contributed by atoms with van der Waals surface area (Å²) in [6.07, 6.45) is 11.1. The van der Waals surface area contributed by atoms with Crippen molar-refractivity contribution in [2.75, 3.05) is 0 Å². The molecule has 0 radical (unpaired) electrons. The maximum absolute atomic E-state index is 13.5. The predicted octanol–water partition coefficient (Wildman–Crippen LogP) is 6.21. The molecule has 0 aromatic heterocycles. The minimum atomic E-state index is -0.127. The molecule has 164 valence electrons. The van der Waals surface area contributed by atoms with E-state index in [1.165, 1.54) is 44.9 Å². The van der Waals surface area contributed by atoms with Crippen LogP contribution in [-0.4, -0.2) is 11.8 Å². The van der Waals surface area contributed by atoms with Gasteiger partial charge in [0.15, 0.2) is 0 Å². The highest BCUT2D eigenvalue weighted by molar-refractivity contribution is 7.10. The molecule has 0 spiro atoms. The van der Waals surface area contributed by atoms with Crippen LogP contribution in [0.4, 0.5) is 0 Å². The molecule has 4 unspecified atom stereocenters. The second kappa shape index (κ2) is 7.92. The topological polar surface area (TPSA) is 43.4 Å². The van der Waals surface area contributed by atoms with E-state index in [0.29, 0.717) is 53.1 Å². The molecule has 4 rings (SSSR count). The number of carbonyl (C=O) groups is 2. The molecule has 0 N–H and O–H groups in total. The molecule has 10 atom stereocenters. The summed E-state index contributed by atoms with van der Waals surface area (Å²) in [5.41, 5.74) is 0.658. The van der Waals surface area contributed by atoms with Crippen molar-refractivity contribution in [3.63, 3.8) is 0 Å². The third-order valence-electron chi connectivity index (χ3n) is 10.4. The van der Waals surface area contributed by atoms with E-state index in [2.05, 4.69) is 37.2 Å². The van der Waals surface area contributed by atoms with Crippen LogP contribution >= 0.6 is 9.47 Å². The smallest absolute Gasteiger partial charge is 0.307 e. The molecule has 0 saturated heterocycles. The van der Waals surface area contributed by atoms with E-state index in [0.717, 1.165) is 18.8 Å². The van der Waals surface area contributed by atoms with Gasteiger partial charge in [-0.3, -0.25) is 9.59 Å². The third kappa shape index (κ3) is 3.52. The summed E-state index contributed by atoms with van der Waals surface area (Å²) >= 11 is 0. The van der Waals surface area contributed by atoms with Crippen molar-refractivity contribution < 1.29 is 14.1 Å². The molecule has 4 heteroatoms. The van der Waals surface area contributed by atoms with Crippen molar-refractivity contribution >= 4 is 21.2 Å². The van der Waals surface area contributed by atoms with E-state index >= 15 is 0 Å². The number of fused-ring (bicyclic) bond motifs is 5. The van der Waals surface area contributed by atoms with Crippen LogP contribution in [0.3, 0.4) is 0 Å². The van der Waals surface area contributed by atoms with Crippen LogP contribution in [0.15, 0.2) is 0 Å². The van der Waals surface area contributed by atoms with E-state index in [9.17, 15) is 9.59 Å². The maximum atomic E-state index is 13.5. The molecular weight excluding hydrogens is 379 g/mol. The average molecular weight is 421 g/mol. The third-order valence-corrected chi connectivity index (χ3v) is 10.7. The highest BCUT2D eigenvalue weighted by atomic mass is 31.0. The standard InChI is InChI=1S/C25H41O3P/c1-15-9-11-24(3)17(13-15)14-21(26)23-19-7-6-18(16(2)5-8-22(27)28-29)25(19,4)12-10-20(23)24/h15-20,23H,5-14,29H2,1-4H3/t15-,16-,17+,18-,19?,20?,23?,24+,25-/m1/s1. The van der Waals surface area contributed by atoms with Gasteiger partial charge >= 0.3 is 5.97 Å². The number of ketones is 1. The zero-order chi connectivity index (χ0) is 21.0. The van der Waals surface area contributed by atoms with Crippen LogP contribution < -0.4 is 0 Å². The van der Waals surface area contributed by atoms with Crippen molar-refractivity contribution in [2.45, 2.75) is 91.9 Å². The van der Waals surface area contributed by atoms with Gasteiger partial charge in [0, 0.05) is 18.8 Å². The lowest BCUT2D eigenvalue weighted by Gasteiger charge is -2.60. The molecule has 0 aromatic rings. The molecule has 29 heavy (non-hydrogen) atoms. The first-order valence-corrected chi connectivity index (χ1v) is 12.6. The summed E-state index contributed by atoms with van der Waals surface area (Å²) in [5.74, 6) is 4.51. The Labute approximate surface area is 179 Å². The van der Waals surface area contributed by atoms with Crippen LogP contribution in [0.5, 0.6) is 0 Å². The molecule has 0 aromatic carbocycles. The van der Waals surface area contributed by atoms with Crippen molar-refractivity contribution in [3.05, 3.63) is 0 Å². The highest BCUT2D eigenvalue weighted by Crippen LogP contribution is 2.67. The Balaban J connectivity index is 1.53. The van der Waals surface area contributed by atoms with E-state index < -0.39 is 0 Å². The second-order valence-corrected chi connectivity index (χ2v) is 12.0.